The summed E-state index contributed by atoms with van der Waals surface area (Å²) in [6, 6.07) is 2.98. The van der Waals surface area contributed by atoms with Crippen molar-refractivity contribution in [2.24, 2.45) is 7.05 Å². The van der Waals surface area contributed by atoms with Crippen molar-refractivity contribution < 1.29 is 17.7 Å². The SMILES string of the molecule is Cc1nc2c(C(F)(F)F)cc(Cn3cc[n+](C)c3)cc2s1. The molecule has 0 aliphatic carbocycles. The minimum Gasteiger partial charge on any atom is -0.241 e. The minimum absolute atomic E-state index is 0.0480. The van der Waals surface area contributed by atoms with Crippen LogP contribution in [0, 0.1) is 6.92 Å². The van der Waals surface area contributed by atoms with E-state index < -0.39 is 11.7 Å². The fraction of sp³-hybridized carbons (Fsp3) is 0.286. The number of nitrogens with zero attached hydrogens (tertiary/aromatic N) is 3. The number of thiazole rings is 1. The third kappa shape index (κ3) is 2.78. The predicted molar refractivity (Wildman–Crippen MR) is 74.1 cm³/mol. The number of hydrogen-bond acceptors (Lipinski definition) is 2. The fourth-order valence-corrected chi connectivity index (χ4v) is 3.23. The van der Waals surface area contributed by atoms with Gasteiger partial charge in [0, 0.05) is 0 Å². The Balaban J connectivity index is 2.11. The van der Waals surface area contributed by atoms with Crippen LogP contribution in [-0.4, -0.2) is 9.55 Å². The molecule has 0 N–H and O–H groups in total. The van der Waals surface area contributed by atoms with Gasteiger partial charge in [-0.15, -0.1) is 11.3 Å². The van der Waals surface area contributed by atoms with Gasteiger partial charge in [0.25, 0.3) is 0 Å². The molecule has 0 fully saturated rings. The second-order valence-electron chi connectivity index (χ2n) is 4.97. The summed E-state index contributed by atoms with van der Waals surface area (Å²) in [6.07, 6.45) is 1.11. The lowest BCUT2D eigenvalue weighted by Crippen LogP contribution is -2.23. The Bertz CT molecular complexity index is 801. The van der Waals surface area contributed by atoms with Crippen molar-refractivity contribution in [3.8, 4) is 0 Å². The number of alkyl halides is 3. The van der Waals surface area contributed by atoms with Gasteiger partial charge in [0.05, 0.1) is 27.8 Å². The van der Waals surface area contributed by atoms with Crippen molar-refractivity contribution in [1.82, 2.24) is 9.55 Å². The Labute approximate surface area is 123 Å². The van der Waals surface area contributed by atoms with Gasteiger partial charge < -0.3 is 0 Å². The van der Waals surface area contributed by atoms with Crippen LogP contribution in [0.5, 0.6) is 0 Å². The number of aromatic nitrogens is 3. The van der Waals surface area contributed by atoms with Gasteiger partial charge in [-0.3, -0.25) is 0 Å². The molecular formula is C14H13F3N3S+. The van der Waals surface area contributed by atoms with Crippen LogP contribution < -0.4 is 4.57 Å². The zero-order valence-electron chi connectivity index (χ0n) is 11.5. The molecule has 21 heavy (non-hydrogen) atoms. The fourth-order valence-electron chi connectivity index (χ4n) is 2.31. The molecule has 3 aromatic rings. The van der Waals surface area contributed by atoms with Gasteiger partial charge in [-0.05, 0) is 24.6 Å². The van der Waals surface area contributed by atoms with Gasteiger partial charge >= 0.3 is 6.18 Å². The average Bonchev–Trinajstić information content (AvgIpc) is 2.92. The standard InChI is InChI=1S/C14H13F3N3S/c1-9-18-13-11(14(15,16)17)5-10(6-12(13)21-9)7-20-4-3-19(2)8-20/h3-6,8H,7H2,1-2H3/q+1. The lowest BCUT2D eigenvalue weighted by atomic mass is 10.1. The number of rotatable bonds is 2. The molecule has 0 saturated heterocycles. The van der Waals surface area contributed by atoms with Crippen LogP contribution in [0.25, 0.3) is 10.2 Å². The smallest absolute Gasteiger partial charge is 0.241 e. The Morgan fingerprint density at radius 1 is 1.33 bits per heavy atom. The Morgan fingerprint density at radius 3 is 2.71 bits per heavy atom. The Hall–Kier alpha value is -1.89. The third-order valence-corrected chi connectivity index (χ3v) is 4.07. The monoisotopic (exact) mass is 312 g/mol. The van der Waals surface area contributed by atoms with Crippen LogP contribution in [0.4, 0.5) is 13.2 Å². The zero-order valence-corrected chi connectivity index (χ0v) is 12.3. The summed E-state index contributed by atoms with van der Waals surface area (Å²) in [6.45, 7) is 2.12. The molecule has 0 bridgehead atoms. The van der Waals surface area contributed by atoms with E-state index >= 15 is 0 Å². The first kappa shape index (κ1) is 14.1. The zero-order chi connectivity index (χ0) is 15.2. The molecule has 2 aromatic heterocycles. The molecule has 0 saturated carbocycles. The van der Waals surface area contributed by atoms with Crippen molar-refractivity contribution in [3.63, 3.8) is 0 Å². The highest BCUT2D eigenvalue weighted by Gasteiger charge is 2.34. The normalized spacial score (nSPS) is 12.2. The maximum absolute atomic E-state index is 13.2. The highest BCUT2D eigenvalue weighted by Crippen LogP contribution is 2.37. The molecule has 3 rings (SSSR count). The van der Waals surface area contributed by atoms with Gasteiger partial charge in [0.2, 0.25) is 6.33 Å². The molecule has 0 amide bonds. The molecule has 0 aliphatic heterocycles. The van der Waals surface area contributed by atoms with Gasteiger partial charge in [0.15, 0.2) is 0 Å². The van der Waals surface area contributed by atoms with E-state index in [1.54, 1.807) is 13.0 Å². The van der Waals surface area contributed by atoms with E-state index in [1.165, 1.54) is 17.4 Å². The molecule has 0 aliphatic rings. The molecule has 1 aromatic carbocycles. The van der Waals surface area contributed by atoms with E-state index in [1.807, 2.05) is 34.9 Å². The first-order chi connectivity index (χ1) is 9.83. The van der Waals surface area contributed by atoms with E-state index in [9.17, 15) is 13.2 Å². The molecule has 0 radical (unpaired) electrons. The largest absolute Gasteiger partial charge is 0.418 e. The minimum atomic E-state index is -4.39. The van der Waals surface area contributed by atoms with Crippen molar-refractivity contribution >= 4 is 21.6 Å². The molecule has 0 atom stereocenters. The number of fused-ring (bicyclic) bond motifs is 1. The second kappa shape index (κ2) is 4.84. The van der Waals surface area contributed by atoms with Crippen molar-refractivity contribution in [2.45, 2.75) is 19.6 Å². The second-order valence-corrected chi connectivity index (χ2v) is 6.21. The maximum Gasteiger partial charge on any atom is 0.418 e. The van der Waals surface area contributed by atoms with Crippen LogP contribution in [0.15, 0.2) is 30.9 Å². The Morgan fingerprint density at radius 2 is 2.10 bits per heavy atom. The molecule has 110 valence electrons. The lowest BCUT2D eigenvalue weighted by Gasteiger charge is -2.09. The number of aryl methyl sites for hydroxylation is 2. The molecule has 7 heteroatoms. The van der Waals surface area contributed by atoms with E-state index in [4.69, 9.17) is 0 Å². The van der Waals surface area contributed by atoms with E-state index in [0.717, 1.165) is 0 Å². The number of imidazole rings is 1. The summed E-state index contributed by atoms with van der Waals surface area (Å²) in [7, 11) is 1.87. The first-order valence-corrected chi connectivity index (χ1v) is 7.13. The van der Waals surface area contributed by atoms with Crippen molar-refractivity contribution in [2.75, 3.05) is 0 Å². The van der Waals surface area contributed by atoms with Gasteiger partial charge in [-0.1, -0.05) is 0 Å². The number of halogens is 3. The highest BCUT2D eigenvalue weighted by atomic mass is 32.1. The summed E-state index contributed by atoms with van der Waals surface area (Å²) in [5.41, 5.74) is 0.0115. The highest BCUT2D eigenvalue weighted by molar-refractivity contribution is 7.18. The topological polar surface area (TPSA) is 21.7 Å². The Kier molecular flexibility index (Phi) is 3.24. The summed E-state index contributed by atoms with van der Waals surface area (Å²) < 4.78 is 43.9. The van der Waals surface area contributed by atoms with Crippen LogP contribution in [0.2, 0.25) is 0 Å². The summed E-state index contributed by atoms with van der Waals surface area (Å²) in [4.78, 5) is 4.02. The first-order valence-electron chi connectivity index (χ1n) is 6.31. The average molecular weight is 312 g/mol. The number of benzene rings is 1. The van der Waals surface area contributed by atoms with Crippen molar-refractivity contribution in [3.05, 3.63) is 47.0 Å². The summed E-state index contributed by atoms with van der Waals surface area (Å²) in [5, 5.41) is 0.639. The predicted octanol–water partition coefficient (Wildman–Crippen LogP) is 3.30. The van der Waals surface area contributed by atoms with Crippen molar-refractivity contribution in [1.29, 1.82) is 0 Å². The van der Waals surface area contributed by atoms with E-state index in [0.29, 0.717) is 21.8 Å². The van der Waals surface area contributed by atoms with E-state index in [-0.39, 0.29) is 5.52 Å². The van der Waals surface area contributed by atoms with Gasteiger partial charge in [0.1, 0.15) is 18.9 Å². The van der Waals surface area contributed by atoms with Gasteiger partial charge in [-0.25, -0.2) is 14.1 Å². The quantitative estimate of drug-likeness (QED) is 0.665. The molecule has 0 spiro atoms. The lowest BCUT2D eigenvalue weighted by molar-refractivity contribution is -0.671. The maximum atomic E-state index is 13.2. The van der Waals surface area contributed by atoms with Gasteiger partial charge in [-0.2, -0.15) is 13.2 Å². The summed E-state index contributed by atoms with van der Waals surface area (Å²) >= 11 is 1.29. The van der Waals surface area contributed by atoms with Crippen LogP contribution in [0.1, 0.15) is 16.1 Å². The van der Waals surface area contributed by atoms with E-state index in [2.05, 4.69) is 4.98 Å². The third-order valence-electron chi connectivity index (χ3n) is 3.16. The number of hydrogen-bond donors (Lipinski definition) is 0. The van der Waals surface area contributed by atoms with Crippen LogP contribution >= 0.6 is 11.3 Å². The molecular weight excluding hydrogens is 299 g/mol. The molecule has 2 heterocycles. The molecule has 3 nitrogen and oxygen atoms in total. The summed E-state index contributed by atoms with van der Waals surface area (Å²) in [5.74, 6) is 0. The van der Waals surface area contributed by atoms with Crippen LogP contribution in [-0.2, 0) is 19.8 Å². The van der Waals surface area contributed by atoms with Crippen LogP contribution in [0.3, 0.4) is 0 Å². The molecule has 0 unspecified atom stereocenters.